The van der Waals surface area contributed by atoms with Crippen molar-refractivity contribution in [3.05, 3.63) is 0 Å². The van der Waals surface area contributed by atoms with Crippen LogP contribution in [0.4, 0.5) is 0 Å². The predicted molar refractivity (Wildman–Crippen MR) is 53.2 cm³/mol. The highest BCUT2D eigenvalue weighted by molar-refractivity contribution is 9.09. The van der Waals surface area contributed by atoms with Crippen molar-refractivity contribution >= 4 is 21.7 Å². The smallest absolute Gasteiger partial charge is 0.184 e. The fourth-order valence-electron chi connectivity index (χ4n) is 3.25. The molecule has 78 valence electrons. The van der Waals surface area contributed by atoms with E-state index in [0.717, 1.165) is 19.3 Å². The van der Waals surface area contributed by atoms with Crippen LogP contribution >= 0.6 is 15.9 Å². The molecule has 0 radical (unpaired) electrons. The summed E-state index contributed by atoms with van der Waals surface area (Å²) >= 11 is 3.60. The molecular weight excluding hydrogens is 248 g/mol. The van der Waals surface area contributed by atoms with Gasteiger partial charge in [-0.2, -0.15) is 0 Å². The summed E-state index contributed by atoms with van der Waals surface area (Å²) in [6.07, 6.45) is 2.47. The van der Waals surface area contributed by atoms with Crippen LogP contribution in [-0.2, 0) is 14.3 Å². The van der Waals surface area contributed by atoms with E-state index in [9.17, 15) is 4.79 Å². The van der Waals surface area contributed by atoms with Gasteiger partial charge in [0.2, 0.25) is 0 Å². The summed E-state index contributed by atoms with van der Waals surface area (Å²) in [5, 5.41) is 0. The highest BCUT2D eigenvalue weighted by Crippen LogP contribution is 2.55. The number of halogens is 1. The molecule has 0 spiro atoms. The lowest BCUT2D eigenvalue weighted by Gasteiger charge is -2.42. The normalized spacial score (nSPS) is 55.4. The van der Waals surface area contributed by atoms with Gasteiger partial charge in [0.1, 0.15) is 6.10 Å². The molecule has 4 heteroatoms. The monoisotopic (exact) mass is 260 g/mol. The topological polar surface area (TPSA) is 35.5 Å². The van der Waals surface area contributed by atoms with Gasteiger partial charge < -0.3 is 9.47 Å². The average molecular weight is 261 g/mol. The molecule has 3 aliphatic rings. The van der Waals surface area contributed by atoms with E-state index in [1.807, 2.05) is 0 Å². The number of ether oxygens (including phenoxy) is 2. The molecule has 0 aromatic heterocycles. The molecule has 3 rings (SSSR count). The van der Waals surface area contributed by atoms with Crippen LogP contribution in [-0.4, -0.2) is 29.6 Å². The molecule has 0 aromatic carbocycles. The molecule has 2 saturated carbocycles. The maximum absolute atomic E-state index is 11.8. The Morgan fingerprint density at radius 3 is 3.00 bits per heavy atom. The number of carbonyl (C=O) groups is 1. The zero-order chi connectivity index (χ0) is 9.92. The standard InChI is InChI=1S/C10H13BrO3/c1-13-10-6-2-5(3-8(10)11)9(12)7(4-6)14-10/h5-8H,2-4H2,1H3/t5-,6-,7-,8+,10?/m1/s1. The van der Waals surface area contributed by atoms with Gasteiger partial charge in [-0.25, -0.2) is 0 Å². The van der Waals surface area contributed by atoms with Crippen molar-refractivity contribution in [2.45, 2.75) is 36.0 Å². The predicted octanol–water partition coefficient (Wildman–Crippen LogP) is 1.49. The minimum absolute atomic E-state index is 0.167. The summed E-state index contributed by atoms with van der Waals surface area (Å²) in [5.74, 6) is 0.377. The maximum atomic E-state index is 11.8. The number of hydrogen-bond acceptors (Lipinski definition) is 3. The van der Waals surface area contributed by atoms with Gasteiger partial charge in [0.05, 0.1) is 4.83 Å². The molecule has 1 saturated heterocycles. The third-order valence-corrected chi connectivity index (χ3v) is 4.94. The molecule has 3 bridgehead atoms. The number of fused-ring (bicyclic) bond motifs is 2. The third kappa shape index (κ3) is 0.921. The van der Waals surface area contributed by atoms with Crippen molar-refractivity contribution in [3.63, 3.8) is 0 Å². The van der Waals surface area contributed by atoms with E-state index in [1.165, 1.54) is 0 Å². The number of alkyl halides is 1. The van der Waals surface area contributed by atoms with Gasteiger partial charge in [-0.3, -0.25) is 4.79 Å². The summed E-state index contributed by atoms with van der Waals surface area (Å²) in [5.41, 5.74) is 0. The fourth-order valence-corrected chi connectivity index (χ4v) is 4.37. The van der Waals surface area contributed by atoms with Crippen molar-refractivity contribution < 1.29 is 14.3 Å². The zero-order valence-corrected chi connectivity index (χ0v) is 9.62. The van der Waals surface area contributed by atoms with E-state index in [-0.39, 0.29) is 16.8 Å². The lowest BCUT2D eigenvalue weighted by atomic mass is 9.70. The zero-order valence-electron chi connectivity index (χ0n) is 8.03. The number of rotatable bonds is 1. The second-order valence-electron chi connectivity index (χ2n) is 4.50. The summed E-state index contributed by atoms with van der Waals surface area (Å²) in [4.78, 5) is 12.0. The summed E-state index contributed by atoms with van der Waals surface area (Å²) in [6, 6.07) is 0. The van der Waals surface area contributed by atoms with E-state index < -0.39 is 5.79 Å². The fraction of sp³-hybridized carbons (Fsp3) is 0.900. The highest BCUT2D eigenvalue weighted by Gasteiger charge is 2.63. The molecule has 0 N–H and O–H groups in total. The Labute approximate surface area is 91.3 Å². The number of carbonyl (C=O) groups excluding carboxylic acids is 1. The van der Waals surface area contributed by atoms with Crippen LogP contribution < -0.4 is 0 Å². The Morgan fingerprint density at radius 1 is 1.50 bits per heavy atom. The molecule has 1 heterocycles. The molecular formula is C10H13BrO3. The van der Waals surface area contributed by atoms with Crippen LogP contribution in [0.1, 0.15) is 19.3 Å². The summed E-state index contributed by atoms with van der Waals surface area (Å²) in [6.45, 7) is 0. The second kappa shape index (κ2) is 2.80. The lowest BCUT2D eigenvalue weighted by Crippen LogP contribution is -2.50. The lowest BCUT2D eigenvalue weighted by molar-refractivity contribution is -0.226. The Balaban J connectivity index is 2.05. The van der Waals surface area contributed by atoms with Crippen LogP contribution in [0.3, 0.4) is 0 Å². The van der Waals surface area contributed by atoms with Crippen molar-refractivity contribution in [2.24, 2.45) is 11.8 Å². The Kier molecular flexibility index (Phi) is 1.86. The quantitative estimate of drug-likeness (QED) is 0.671. The molecule has 0 amide bonds. The van der Waals surface area contributed by atoms with Crippen molar-refractivity contribution in [1.82, 2.24) is 0 Å². The minimum Gasteiger partial charge on any atom is -0.352 e. The third-order valence-electron chi connectivity index (χ3n) is 3.93. The first-order chi connectivity index (χ1) is 6.67. The molecule has 3 nitrogen and oxygen atoms in total. The van der Waals surface area contributed by atoms with Crippen molar-refractivity contribution in [1.29, 1.82) is 0 Å². The first kappa shape index (κ1) is 9.31. The summed E-state index contributed by atoms with van der Waals surface area (Å²) in [7, 11) is 1.68. The first-order valence-electron chi connectivity index (χ1n) is 5.08. The van der Waals surface area contributed by atoms with E-state index in [2.05, 4.69) is 15.9 Å². The van der Waals surface area contributed by atoms with Crippen LogP contribution in [0.5, 0.6) is 0 Å². The molecule has 14 heavy (non-hydrogen) atoms. The first-order valence-corrected chi connectivity index (χ1v) is 5.99. The largest absolute Gasteiger partial charge is 0.352 e. The van der Waals surface area contributed by atoms with E-state index in [1.54, 1.807) is 7.11 Å². The average Bonchev–Trinajstić information content (AvgIpc) is 2.48. The molecule has 1 aliphatic heterocycles. The maximum Gasteiger partial charge on any atom is 0.184 e. The molecule has 1 unspecified atom stereocenters. The Bertz CT molecular complexity index is 291. The van der Waals surface area contributed by atoms with Crippen molar-refractivity contribution in [2.75, 3.05) is 7.11 Å². The van der Waals surface area contributed by atoms with E-state index >= 15 is 0 Å². The van der Waals surface area contributed by atoms with Gasteiger partial charge in [-0.1, -0.05) is 15.9 Å². The molecule has 0 aromatic rings. The minimum atomic E-state index is -0.521. The van der Waals surface area contributed by atoms with Crippen LogP contribution in [0.25, 0.3) is 0 Å². The van der Waals surface area contributed by atoms with Crippen molar-refractivity contribution in [3.8, 4) is 0 Å². The molecule has 5 atom stereocenters. The Hall–Kier alpha value is 0.0700. The molecule has 3 fully saturated rings. The number of hydrogen-bond donors (Lipinski definition) is 0. The van der Waals surface area contributed by atoms with Gasteiger partial charge in [0.25, 0.3) is 0 Å². The highest BCUT2D eigenvalue weighted by atomic mass is 79.9. The van der Waals surface area contributed by atoms with Gasteiger partial charge in [0, 0.05) is 18.9 Å². The van der Waals surface area contributed by atoms with Crippen LogP contribution in [0, 0.1) is 11.8 Å². The van der Waals surface area contributed by atoms with Gasteiger partial charge >= 0.3 is 0 Å². The number of ketones is 1. The van der Waals surface area contributed by atoms with E-state index in [4.69, 9.17) is 9.47 Å². The van der Waals surface area contributed by atoms with E-state index in [0.29, 0.717) is 11.7 Å². The SMILES string of the molecule is COC12O[C@@H]3C[C@H]1C[C@H](C[C@@H]2Br)C3=O. The number of Topliss-reactive ketones (excluding diaryl/α,β-unsaturated/α-hetero) is 1. The second-order valence-corrected chi connectivity index (χ2v) is 5.61. The Morgan fingerprint density at radius 2 is 2.29 bits per heavy atom. The van der Waals surface area contributed by atoms with Crippen LogP contribution in [0.15, 0.2) is 0 Å². The number of methoxy groups -OCH3 is 1. The van der Waals surface area contributed by atoms with Gasteiger partial charge in [-0.15, -0.1) is 0 Å². The molecule has 2 aliphatic carbocycles. The van der Waals surface area contributed by atoms with Crippen LogP contribution in [0.2, 0.25) is 0 Å². The van der Waals surface area contributed by atoms with Gasteiger partial charge in [0.15, 0.2) is 11.6 Å². The summed E-state index contributed by atoms with van der Waals surface area (Å²) < 4.78 is 11.4. The van der Waals surface area contributed by atoms with Gasteiger partial charge in [-0.05, 0) is 19.3 Å².